The first kappa shape index (κ1) is 18.1. The molecule has 1 aromatic carbocycles. The number of hydrogen-bond donors (Lipinski definition) is 1. The highest BCUT2D eigenvalue weighted by molar-refractivity contribution is 7.12. The molecule has 2 aromatic rings. The number of hydrazone groups is 1. The summed E-state index contributed by atoms with van der Waals surface area (Å²) in [6.07, 6.45) is 0.668. The molecule has 0 saturated carbocycles. The number of urea groups is 1. The number of thiophene rings is 1. The third-order valence-electron chi connectivity index (χ3n) is 4.20. The van der Waals surface area contributed by atoms with E-state index in [9.17, 15) is 9.59 Å². The summed E-state index contributed by atoms with van der Waals surface area (Å²) in [5.41, 5.74) is 1.94. The second-order valence-electron chi connectivity index (χ2n) is 6.08. The molecule has 7 heteroatoms. The van der Waals surface area contributed by atoms with Crippen molar-refractivity contribution in [1.82, 2.24) is 15.2 Å². The molecule has 3 amide bonds. The Morgan fingerprint density at radius 1 is 1.27 bits per heavy atom. The summed E-state index contributed by atoms with van der Waals surface area (Å²) >= 11 is 1.61. The van der Waals surface area contributed by atoms with E-state index in [0.29, 0.717) is 13.0 Å². The molecule has 6 nitrogen and oxygen atoms in total. The van der Waals surface area contributed by atoms with E-state index in [0.717, 1.165) is 16.2 Å². The predicted molar refractivity (Wildman–Crippen MR) is 103 cm³/mol. The molecule has 0 bridgehead atoms. The number of nitrogens with one attached hydrogen (secondary N) is 1. The van der Waals surface area contributed by atoms with Gasteiger partial charge < -0.3 is 10.2 Å². The van der Waals surface area contributed by atoms with Gasteiger partial charge in [0.05, 0.1) is 16.6 Å². The van der Waals surface area contributed by atoms with E-state index in [4.69, 9.17) is 0 Å². The molecular weight excluding hydrogens is 348 g/mol. The van der Waals surface area contributed by atoms with E-state index in [1.165, 1.54) is 9.91 Å². The highest BCUT2D eigenvalue weighted by atomic mass is 32.1. The van der Waals surface area contributed by atoms with Gasteiger partial charge in [0.15, 0.2) is 0 Å². The Bertz CT molecular complexity index is 789. The quantitative estimate of drug-likeness (QED) is 0.879. The number of carbonyl (C=O) groups excluding carboxylic acids is 2. The lowest BCUT2D eigenvalue weighted by Gasteiger charge is -2.24. The maximum Gasteiger partial charge on any atom is 0.317 e. The van der Waals surface area contributed by atoms with Crippen LogP contribution in [0.4, 0.5) is 4.79 Å². The minimum atomic E-state index is -0.265. The lowest BCUT2D eigenvalue weighted by Crippen LogP contribution is -2.43. The summed E-state index contributed by atoms with van der Waals surface area (Å²) in [6.45, 7) is 2.35. The molecule has 136 valence electrons. The fourth-order valence-corrected chi connectivity index (χ4v) is 3.62. The van der Waals surface area contributed by atoms with Crippen LogP contribution in [0, 0.1) is 0 Å². The Morgan fingerprint density at radius 2 is 2.04 bits per heavy atom. The summed E-state index contributed by atoms with van der Waals surface area (Å²) in [6, 6.07) is 13.5. The molecule has 1 aliphatic heterocycles. The lowest BCUT2D eigenvalue weighted by molar-refractivity contribution is -0.133. The minimum absolute atomic E-state index is 0.0175. The summed E-state index contributed by atoms with van der Waals surface area (Å²) < 4.78 is 0. The van der Waals surface area contributed by atoms with Crippen molar-refractivity contribution in [3.05, 3.63) is 58.3 Å². The zero-order valence-electron chi connectivity index (χ0n) is 14.9. The topological polar surface area (TPSA) is 65.0 Å². The number of amides is 3. The first-order valence-electron chi connectivity index (χ1n) is 8.57. The second kappa shape index (κ2) is 8.14. The van der Waals surface area contributed by atoms with E-state index in [2.05, 4.69) is 10.4 Å². The van der Waals surface area contributed by atoms with E-state index in [1.807, 2.05) is 54.8 Å². The van der Waals surface area contributed by atoms with Gasteiger partial charge in [0.1, 0.15) is 6.54 Å². The molecule has 0 unspecified atom stereocenters. The summed E-state index contributed by atoms with van der Waals surface area (Å²) in [5.74, 6) is -0.195. The Kier molecular flexibility index (Phi) is 5.68. The van der Waals surface area contributed by atoms with Crippen LogP contribution in [0.25, 0.3) is 0 Å². The van der Waals surface area contributed by atoms with E-state index >= 15 is 0 Å². The fraction of sp³-hybridized carbons (Fsp3) is 0.316. The van der Waals surface area contributed by atoms with E-state index in [-0.39, 0.29) is 24.5 Å². The van der Waals surface area contributed by atoms with Crippen molar-refractivity contribution in [2.24, 2.45) is 5.10 Å². The monoisotopic (exact) mass is 370 g/mol. The van der Waals surface area contributed by atoms with Crippen LogP contribution < -0.4 is 5.32 Å². The molecule has 1 aromatic heterocycles. The zero-order chi connectivity index (χ0) is 18.5. The van der Waals surface area contributed by atoms with Crippen LogP contribution >= 0.6 is 11.3 Å². The van der Waals surface area contributed by atoms with Crippen LogP contribution in [0.2, 0.25) is 0 Å². The summed E-state index contributed by atoms with van der Waals surface area (Å²) in [5, 5.41) is 10.8. The van der Waals surface area contributed by atoms with Crippen molar-refractivity contribution in [2.45, 2.75) is 19.4 Å². The average molecular weight is 370 g/mol. The normalized spacial score (nSPS) is 16.3. The van der Waals surface area contributed by atoms with Crippen molar-refractivity contribution in [3.8, 4) is 0 Å². The van der Waals surface area contributed by atoms with Crippen LogP contribution in [0.5, 0.6) is 0 Å². The molecule has 2 heterocycles. The Balaban J connectivity index is 1.82. The molecular formula is C19H22N4O2S. The maximum atomic E-state index is 12.9. The molecule has 0 fully saturated rings. The second-order valence-corrected chi connectivity index (χ2v) is 7.03. The number of carbonyl (C=O) groups is 2. The molecule has 1 N–H and O–H groups in total. The third kappa shape index (κ3) is 3.94. The number of benzene rings is 1. The molecule has 0 aliphatic carbocycles. The number of nitrogens with zero attached hydrogens (tertiary/aromatic N) is 3. The Hall–Kier alpha value is -2.67. The van der Waals surface area contributed by atoms with Crippen LogP contribution in [0.15, 0.2) is 52.9 Å². The summed E-state index contributed by atoms with van der Waals surface area (Å²) in [4.78, 5) is 27.2. The highest BCUT2D eigenvalue weighted by Crippen LogP contribution is 2.33. The molecule has 0 spiro atoms. The predicted octanol–water partition coefficient (Wildman–Crippen LogP) is 3.09. The van der Waals surface area contributed by atoms with Crippen molar-refractivity contribution in [2.75, 3.05) is 20.1 Å². The van der Waals surface area contributed by atoms with Gasteiger partial charge in [-0.1, -0.05) is 36.4 Å². The lowest BCUT2D eigenvalue weighted by atomic mass is 10.0. The standard InChI is InChI=1S/C19H22N4O2S/c1-3-20-19(25)22(2)13-18(24)23-16(14-8-5-4-6-9-14)12-15(21-23)17-10-7-11-26-17/h4-11,16H,3,12-13H2,1-2H3,(H,20,25)/t16-/m1/s1. The SMILES string of the molecule is CCNC(=O)N(C)CC(=O)N1N=C(c2cccs2)C[C@@H]1c1ccccc1. The van der Waals surface area contributed by atoms with Gasteiger partial charge in [-0.05, 0) is 23.9 Å². The molecule has 0 saturated heterocycles. The van der Waals surface area contributed by atoms with Gasteiger partial charge >= 0.3 is 6.03 Å². The van der Waals surface area contributed by atoms with Crippen molar-refractivity contribution in [3.63, 3.8) is 0 Å². The van der Waals surface area contributed by atoms with Gasteiger partial charge in [0.2, 0.25) is 0 Å². The van der Waals surface area contributed by atoms with Gasteiger partial charge in [0.25, 0.3) is 5.91 Å². The zero-order valence-corrected chi connectivity index (χ0v) is 15.7. The van der Waals surface area contributed by atoms with Crippen LogP contribution in [-0.2, 0) is 4.79 Å². The molecule has 26 heavy (non-hydrogen) atoms. The van der Waals surface area contributed by atoms with Crippen LogP contribution in [0.3, 0.4) is 0 Å². The van der Waals surface area contributed by atoms with Crippen molar-refractivity contribution in [1.29, 1.82) is 0 Å². The van der Waals surface area contributed by atoms with Crippen molar-refractivity contribution < 1.29 is 9.59 Å². The molecule has 0 radical (unpaired) electrons. The molecule has 1 aliphatic rings. The number of likely N-dealkylation sites (N-methyl/N-ethyl adjacent to an activating group) is 1. The first-order chi connectivity index (χ1) is 12.6. The Labute approximate surface area is 157 Å². The van der Waals surface area contributed by atoms with Crippen LogP contribution in [0.1, 0.15) is 29.8 Å². The Morgan fingerprint density at radius 3 is 2.69 bits per heavy atom. The highest BCUT2D eigenvalue weighted by Gasteiger charge is 2.34. The fourth-order valence-electron chi connectivity index (χ4n) is 2.90. The van der Waals surface area contributed by atoms with Gasteiger partial charge in [-0.15, -0.1) is 11.3 Å². The average Bonchev–Trinajstić information content (AvgIpc) is 3.32. The van der Waals surface area contributed by atoms with Gasteiger partial charge in [0, 0.05) is 20.0 Å². The maximum absolute atomic E-state index is 12.9. The molecule has 3 rings (SSSR count). The third-order valence-corrected chi connectivity index (χ3v) is 5.12. The van der Waals surface area contributed by atoms with Crippen molar-refractivity contribution >= 4 is 29.0 Å². The van der Waals surface area contributed by atoms with E-state index < -0.39 is 0 Å². The minimum Gasteiger partial charge on any atom is -0.338 e. The smallest absolute Gasteiger partial charge is 0.317 e. The summed E-state index contributed by atoms with van der Waals surface area (Å²) in [7, 11) is 1.61. The van der Waals surface area contributed by atoms with Gasteiger partial charge in [-0.3, -0.25) is 4.79 Å². The van der Waals surface area contributed by atoms with Crippen LogP contribution in [-0.4, -0.2) is 47.7 Å². The number of rotatable bonds is 5. The van der Waals surface area contributed by atoms with E-state index in [1.54, 1.807) is 18.4 Å². The largest absolute Gasteiger partial charge is 0.338 e. The first-order valence-corrected chi connectivity index (χ1v) is 9.45. The van der Waals surface area contributed by atoms with Gasteiger partial charge in [-0.2, -0.15) is 5.10 Å². The van der Waals surface area contributed by atoms with Gasteiger partial charge in [-0.25, -0.2) is 9.80 Å². The number of hydrogen-bond acceptors (Lipinski definition) is 4. The molecule has 1 atom stereocenters.